The fourth-order valence-electron chi connectivity index (χ4n) is 1.34. The highest BCUT2D eigenvalue weighted by Crippen LogP contribution is 2.40. The molecule has 4 heteroatoms. The molecular weight excluding hydrogens is 224 g/mol. The number of thiophene rings is 1. The molecule has 84 valence electrons. The lowest BCUT2D eigenvalue weighted by Crippen LogP contribution is -1.93. The van der Waals surface area contributed by atoms with E-state index in [9.17, 15) is 0 Å². The standard InChI is InChI=1S/C12H12O3S/c1-13-9-5-3-6-10(14-2)12(9)15-11-7-4-8-16-11/h3-8H,1-2H3. The zero-order chi connectivity index (χ0) is 11.4. The topological polar surface area (TPSA) is 27.7 Å². The number of hydrogen-bond donors (Lipinski definition) is 0. The van der Waals surface area contributed by atoms with E-state index in [0.717, 1.165) is 5.06 Å². The van der Waals surface area contributed by atoms with Gasteiger partial charge in [-0.1, -0.05) is 6.07 Å². The maximum Gasteiger partial charge on any atom is 0.212 e. The van der Waals surface area contributed by atoms with Gasteiger partial charge in [-0.3, -0.25) is 0 Å². The molecule has 0 radical (unpaired) electrons. The maximum atomic E-state index is 5.73. The molecule has 0 saturated heterocycles. The van der Waals surface area contributed by atoms with Gasteiger partial charge in [0, 0.05) is 0 Å². The van der Waals surface area contributed by atoms with Gasteiger partial charge in [0.2, 0.25) is 5.75 Å². The van der Waals surface area contributed by atoms with Crippen LogP contribution in [0.15, 0.2) is 35.7 Å². The molecule has 1 aromatic carbocycles. The van der Waals surface area contributed by atoms with E-state index in [1.807, 2.05) is 35.7 Å². The summed E-state index contributed by atoms with van der Waals surface area (Å²) in [6, 6.07) is 9.37. The van der Waals surface area contributed by atoms with Crippen molar-refractivity contribution in [3.05, 3.63) is 35.7 Å². The van der Waals surface area contributed by atoms with Crippen molar-refractivity contribution in [3.63, 3.8) is 0 Å². The van der Waals surface area contributed by atoms with Crippen LogP contribution in [-0.2, 0) is 0 Å². The Labute approximate surface area is 98.2 Å². The molecule has 2 rings (SSSR count). The molecule has 0 aliphatic rings. The lowest BCUT2D eigenvalue weighted by Gasteiger charge is -2.12. The van der Waals surface area contributed by atoms with E-state index in [4.69, 9.17) is 14.2 Å². The van der Waals surface area contributed by atoms with Gasteiger partial charge in [-0.15, -0.1) is 11.3 Å². The number of ether oxygens (including phenoxy) is 3. The molecule has 3 nitrogen and oxygen atoms in total. The second-order valence-electron chi connectivity index (χ2n) is 3.03. The highest BCUT2D eigenvalue weighted by atomic mass is 32.1. The first-order chi connectivity index (χ1) is 7.85. The highest BCUT2D eigenvalue weighted by Gasteiger charge is 2.12. The molecule has 0 saturated carbocycles. The van der Waals surface area contributed by atoms with Crippen LogP contribution in [0.1, 0.15) is 0 Å². The summed E-state index contributed by atoms with van der Waals surface area (Å²) >= 11 is 1.52. The van der Waals surface area contributed by atoms with E-state index in [1.165, 1.54) is 11.3 Å². The molecule has 16 heavy (non-hydrogen) atoms. The van der Waals surface area contributed by atoms with Crippen LogP contribution in [-0.4, -0.2) is 14.2 Å². The fraction of sp³-hybridized carbons (Fsp3) is 0.167. The summed E-state index contributed by atoms with van der Waals surface area (Å²) in [4.78, 5) is 0. The first-order valence-electron chi connectivity index (χ1n) is 4.77. The van der Waals surface area contributed by atoms with Gasteiger partial charge in [-0.25, -0.2) is 0 Å². The molecule has 0 spiro atoms. The smallest absolute Gasteiger partial charge is 0.212 e. The summed E-state index contributed by atoms with van der Waals surface area (Å²) in [5, 5.41) is 2.76. The summed E-state index contributed by atoms with van der Waals surface area (Å²) in [7, 11) is 3.21. The van der Waals surface area contributed by atoms with Gasteiger partial charge in [-0.2, -0.15) is 0 Å². The third-order valence-electron chi connectivity index (χ3n) is 2.08. The Morgan fingerprint density at radius 1 is 0.938 bits per heavy atom. The average molecular weight is 236 g/mol. The number of rotatable bonds is 4. The van der Waals surface area contributed by atoms with Gasteiger partial charge in [0.25, 0.3) is 0 Å². The Bertz CT molecular complexity index is 429. The van der Waals surface area contributed by atoms with Crippen LogP contribution < -0.4 is 14.2 Å². The minimum atomic E-state index is 0.606. The van der Waals surface area contributed by atoms with E-state index in [1.54, 1.807) is 14.2 Å². The third kappa shape index (κ3) is 2.12. The maximum absolute atomic E-state index is 5.73. The van der Waals surface area contributed by atoms with Crippen molar-refractivity contribution in [2.24, 2.45) is 0 Å². The van der Waals surface area contributed by atoms with Crippen LogP contribution in [0.2, 0.25) is 0 Å². The monoisotopic (exact) mass is 236 g/mol. The Balaban J connectivity index is 2.37. The van der Waals surface area contributed by atoms with Gasteiger partial charge in [0.1, 0.15) is 0 Å². The molecule has 0 bridgehead atoms. The van der Waals surface area contributed by atoms with Crippen molar-refractivity contribution in [2.75, 3.05) is 14.2 Å². The van der Waals surface area contributed by atoms with E-state index >= 15 is 0 Å². The molecule has 0 aliphatic heterocycles. The second-order valence-corrected chi connectivity index (χ2v) is 3.94. The quantitative estimate of drug-likeness (QED) is 0.812. The molecule has 1 heterocycles. The molecule has 0 fully saturated rings. The predicted octanol–water partition coefficient (Wildman–Crippen LogP) is 3.56. The molecule has 0 amide bonds. The molecule has 0 unspecified atom stereocenters. The first kappa shape index (κ1) is 10.8. The molecule has 0 aliphatic carbocycles. The lowest BCUT2D eigenvalue weighted by molar-refractivity contribution is 0.349. The number of methoxy groups -OCH3 is 2. The van der Waals surface area contributed by atoms with Gasteiger partial charge in [0.15, 0.2) is 16.6 Å². The van der Waals surface area contributed by atoms with Gasteiger partial charge in [-0.05, 0) is 29.6 Å². The second kappa shape index (κ2) is 4.90. The summed E-state index contributed by atoms with van der Waals surface area (Å²) < 4.78 is 16.2. The van der Waals surface area contributed by atoms with Crippen molar-refractivity contribution in [1.29, 1.82) is 0 Å². The Morgan fingerprint density at radius 2 is 1.62 bits per heavy atom. The number of hydrogen-bond acceptors (Lipinski definition) is 4. The van der Waals surface area contributed by atoms with E-state index < -0.39 is 0 Å². The highest BCUT2D eigenvalue weighted by molar-refractivity contribution is 7.11. The zero-order valence-electron chi connectivity index (χ0n) is 9.10. The average Bonchev–Trinajstić information content (AvgIpc) is 2.82. The number of para-hydroxylation sites is 1. The van der Waals surface area contributed by atoms with Gasteiger partial charge < -0.3 is 14.2 Å². The van der Waals surface area contributed by atoms with E-state index in [0.29, 0.717) is 17.2 Å². The summed E-state index contributed by atoms with van der Waals surface area (Å²) in [5.41, 5.74) is 0. The Morgan fingerprint density at radius 3 is 2.12 bits per heavy atom. The summed E-state index contributed by atoms with van der Waals surface area (Å²) in [6.07, 6.45) is 0. The normalized spacial score (nSPS) is 9.88. The van der Waals surface area contributed by atoms with Crippen LogP contribution in [0, 0.1) is 0 Å². The fourth-order valence-corrected chi connectivity index (χ4v) is 1.92. The molecular formula is C12H12O3S. The molecule has 2 aromatic rings. The van der Waals surface area contributed by atoms with Gasteiger partial charge in [0.05, 0.1) is 14.2 Å². The Kier molecular flexibility index (Phi) is 3.31. The van der Waals surface area contributed by atoms with Crippen LogP contribution in [0.3, 0.4) is 0 Å². The summed E-state index contributed by atoms with van der Waals surface area (Å²) in [6.45, 7) is 0. The number of benzene rings is 1. The van der Waals surface area contributed by atoms with Crippen LogP contribution in [0.5, 0.6) is 22.3 Å². The molecule has 0 N–H and O–H groups in total. The molecule has 1 aromatic heterocycles. The van der Waals surface area contributed by atoms with Crippen LogP contribution in [0.25, 0.3) is 0 Å². The molecule has 0 atom stereocenters. The van der Waals surface area contributed by atoms with Gasteiger partial charge >= 0.3 is 0 Å². The Hall–Kier alpha value is -1.68. The van der Waals surface area contributed by atoms with Crippen molar-refractivity contribution in [2.45, 2.75) is 0 Å². The lowest BCUT2D eigenvalue weighted by atomic mass is 10.3. The SMILES string of the molecule is COc1cccc(OC)c1Oc1cccs1. The van der Waals surface area contributed by atoms with E-state index in [2.05, 4.69) is 0 Å². The van der Waals surface area contributed by atoms with Crippen molar-refractivity contribution < 1.29 is 14.2 Å². The van der Waals surface area contributed by atoms with Crippen molar-refractivity contribution >= 4 is 11.3 Å². The first-order valence-corrected chi connectivity index (χ1v) is 5.65. The predicted molar refractivity (Wildman–Crippen MR) is 63.9 cm³/mol. The zero-order valence-corrected chi connectivity index (χ0v) is 9.91. The largest absolute Gasteiger partial charge is 0.493 e. The van der Waals surface area contributed by atoms with Crippen LogP contribution >= 0.6 is 11.3 Å². The van der Waals surface area contributed by atoms with E-state index in [-0.39, 0.29) is 0 Å². The summed E-state index contributed by atoms with van der Waals surface area (Å²) in [5.74, 6) is 1.93. The van der Waals surface area contributed by atoms with Crippen LogP contribution in [0.4, 0.5) is 0 Å². The minimum Gasteiger partial charge on any atom is -0.493 e. The van der Waals surface area contributed by atoms with Crippen molar-refractivity contribution in [3.8, 4) is 22.3 Å². The third-order valence-corrected chi connectivity index (χ3v) is 2.83. The minimum absolute atomic E-state index is 0.606. The van der Waals surface area contributed by atoms with Crippen molar-refractivity contribution in [1.82, 2.24) is 0 Å².